The largest absolute Gasteiger partial charge is 0.467 e. The van der Waals surface area contributed by atoms with Crippen LogP contribution in [0.25, 0.3) is 0 Å². The molecule has 0 fully saturated rings. The Morgan fingerprint density at radius 2 is 1.73 bits per heavy atom. The summed E-state index contributed by atoms with van der Waals surface area (Å²) in [5, 5.41) is 2.77. The van der Waals surface area contributed by atoms with Crippen LogP contribution in [-0.4, -0.2) is 54.5 Å². The lowest BCUT2D eigenvalue weighted by Gasteiger charge is -2.30. The number of hydrogen-bond acceptors (Lipinski definition) is 6. The molecule has 0 aliphatic rings. The van der Waals surface area contributed by atoms with Gasteiger partial charge in [0, 0.05) is 19.4 Å². The van der Waals surface area contributed by atoms with Crippen LogP contribution in [0.4, 0.5) is 4.79 Å². The molecular formula is C24H37N3O6. The first-order valence-corrected chi connectivity index (χ1v) is 11.4. The predicted molar refractivity (Wildman–Crippen MR) is 124 cm³/mol. The Bertz CT molecular complexity index is 756. The molecule has 1 aromatic rings. The van der Waals surface area contributed by atoms with E-state index in [2.05, 4.69) is 12.2 Å². The van der Waals surface area contributed by atoms with Crippen molar-refractivity contribution in [3.8, 4) is 0 Å². The summed E-state index contributed by atoms with van der Waals surface area (Å²) < 4.78 is 10.1. The van der Waals surface area contributed by atoms with Gasteiger partial charge in [0.05, 0.1) is 13.2 Å². The summed E-state index contributed by atoms with van der Waals surface area (Å²) in [5.74, 6) is -1.51. The third-order valence-corrected chi connectivity index (χ3v) is 5.19. The number of primary amides is 1. The molecule has 0 aliphatic heterocycles. The van der Waals surface area contributed by atoms with Crippen molar-refractivity contribution in [1.82, 2.24) is 10.2 Å². The Labute approximate surface area is 196 Å². The number of amides is 3. The summed E-state index contributed by atoms with van der Waals surface area (Å²) in [4.78, 5) is 50.1. The van der Waals surface area contributed by atoms with E-state index in [0.29, 0.717) is 6.42 Å². The van der Waals surface area contributed by atoms with Crippen molar-refractivity contribution < 1.29 is 28.7 Å². The molecule has 0 aromatic heterocycles. The number of nitrogens with one attached hydrogen (secondary N) is 1. The zero-order chi connectivity index (χ0) is 24.6. The fourth-order valence-corrected chi connectivity index (χ4v) is 3.32. The van der Waals surface area contributed by atoms with Gasteiger partial charge in [0.1, 0.15) is 12.6 Å². The van der Waals surface area contributed by atoms with E-state index in [-0.39, 0.29) is 25.5 Å². The molecule has 2 atom stereocenters. The minimum absolute atomic E-state index is 0.00860. The van der Waals surface area contributed by atoms with Crippen LogP contribution in [0.15, 0.2) is 30.3 Å². The van der Waals surface area contributed by atoms with Gasteiger partial charge in [-0.25, -0.2) is 9.59 Å². The Kier molecular flexibility index (Phi) is 13.3. The number of methoxy groups -OCH3 is 1. The van der Waals surface area contributed by atoms with E-state index < -0.39 is 30.1 Å². The second kappa shape index (κ2) is 15.7. The molecule has 3 N–H and O–H groups in total. The highest BCUT2D eigenvalue weighted by Gasteiger charge is 2.31. The Morgan fingerprint density at radius 3 is 2.33 bits per heavy atom. The molecule has 33 heavy (non-hydrogen) atoms. The normalized spacial score (nSPS) is 12.3. The topological polar surface area (TPSA) is 128 Å². The Balaban J connectivity index is 2.84. The second-order valence-corrected chi connectivity index (χ2v) is 7.99. The van der Waals surface area contributed by atoms with E-state index in [1.807, 2.05) is 18.2 Å². The number of benzene rings is 1. The van der Waals surface area contributed by atoms with Crippen LogP contribution in [-0.2, 0) is 30.5 Å². The number of nitrogens with zero attached hydrogens (tertiary/aromatic N) is 1. The van der Waals surface area contributed by atoms with Crippen molar-refractivity contribution in [2.45, 2.75) is 77.5 Å². The minimum Gasteiger partial charge on any atom is -0.467 e. The number of ether oxygens (including phenoxy) is 2. The fourth-order valence-electron chi connectivity index (χ4n) is 3.32. The molecule has 0 bridgehead atoms. The van der Waals surface area contributed by atoms with E-state index in [4.69, 9.17) is 15.2 Å². The maximum Gasteiger partial charge on any atom is 0.410 e. The van der Waals surface area contributed by atoms with Gasteiger partial charge in [0.15, 0.2) is 0 Å². The third-order valence-electron chi connectivity index (χ3n) is 5.19. The smallest absolute Gasteiger partial charge is 0.410 e. The number of carbonyl (C=O) groups is 4. The van der Waals surface area contributed by atoms with Gasteiger partial charge in [-0.2, -0.15) is 0 Å². The molecule has 9 heteroatoms. The van der Waals surface area contributed by atoms with E-state index >= 15 is 0 Å². The Morgan fingerprint density at radius 1 is 1.06 bits per heavy atom. The van der Waals surface area contributed by atoms with Crippen molar-refractivity contribution in [2.75, 3.05) is 13.7 Å². The van der Waals surface area contributed by atoms with Gasteiger partial charge in [-0.05, 0) is 18.9 Å². The van der Waals surface area contributed by atoms with Gasteiger partial charge in [0.25, 0.3) is 0 Å². The lowest BCUT2D eigenvalue weighted by molar-refractivity contribution is -0.145. The van der Waals surface area contributed by atoms with Gasteiger partial charge in [0.2, 0.25) is 11.8 Å². The second-order valence-electron chi connectivity index (χ2n) is 7.99. The van der Waals surface area contributed by atoms with Crippen LogP contribution in [0.5, 0.6) is 0 Å². The zero-order valence-electron chi connectivity index (χ0n) is 19.9. The number of carbonyl (C=O) groups excluding carboxylic acids is 4. The summed E-state index contributed by atoms with van der Waals surface area (Å²) in [7, 11) is 1.22. The van der Waals surface area contributed by atoms with Gasteiger partial charge < -0.3 is 20.5 Å². The molecule has 9 nitrogen and oxygen atoms in total. The summed E-state index contributed by atoms with van der Waals surface area (Å²) in [5.41, 5.74) is 6.14. The van der Waals surface area contributed by atoms with Crippen molar-refractivity contribution in [2.24, 2.45) is 5.73 Å². The van der Waals surface area contributed by atoms with Gasteiger partial charge in [-0.3, -0.25) is 14.5 Å². The number of unbranched alkanes of at least 4 members (excludes halogenated alkanes) is 4. The maximum atomic E-state index is 12.8. The molecule has 3 amide bonds. The van der Waals surface area contributed by atoms with Crippen LogP contribution in [0.2, 0.25) is 0 Å². The average Bonchev–Trinajstić information content (AvgIpc) is 2.80. The predicted octanol–water partition coefficient (Wildman–Crippen LogP) is 2.91. The molecule has 1 aromatic carbocycles. The van der Waals surface area contributed by atoms with Crippen LogP contribution >= 0.6 is 0 Å². The lowest BCUT2D eigenvalue weighted by atomic mass is 10.1. The van der Waals surface area contributed by atoms with Gasteiger partial charge in [-0.15, -0.1) is 0 Å². The molecule has 1 rings (SSSR count). The summed E-state index contributed by atoms with van der Waals surface area (Å²) >= 11 is 0. The van der Waals surface area contributed by atoms with Crippen molar-refractivity contribution in [1.29, 1.82) is 0 Å². The maximum absolute atomic E-state index is 12.8. The van der Waals surface area contributed by atoms with E-state index in [1.54, 1.807) is 12.1 Å². The van der Waals surface area contributed by atoms with Crippen LogP contribution in [0.1, 0.15) is 64.4 Å². The Hall–Kier alpha value is -3.10. The molecule has 184 valence electrons. The highest BCUT2D eigenvalue weighted by atomic mass is 16.6. The average molecular weight is 464 g/mol. The molecule has 0 aliphatic carbocycles. The minimum atomic E-state index is -0.986. The summed E-state index contributed by atoms with van der Waals surface area (Å²) in [6, 6.07) is 7.34. The number of hydrogen-bond donors (Lipinski definition) is 2. The number of nitrogens with two attached hydrogens (primary N) is 1. The first-order valence-electron chi connectivity index (χ1n) is 11.4. The van der Waals surface area contributed by atoms with E-state index in [1.165, 1.54) is 14.0 Å². The summed E-state index contributed by atoms with van der Waals surface area (Å²) in [6.45, 7) is 3.49. The van der Waals surface area contributed by atoms with Gasteiger partial charge in [-0.1, -0.05) is 62.9 Å². The highest BCUT2D eigenvalue weighted by Crippen LogP contribution is 2.11. The van der Waals surface area contributed by atoms with E-state index in [9.17, 15) is 19.2 Å². The fraction of sp³-hybridized carbons (Fsp3) is 0.583. The third kappa shape index (κ3) is 11.4. The molecular weight excluding hydrogens is 426 g/mol. The van der Waals surface area contributed by atoms with Crippen molar-refractivity contribution >= 4 is 23.9 Å². The molecule has 0 saturated heterocycles. The molecule has 0 saturated carbocycles. The van der Waals surface area contributed by atoms with E-state index in [0.717, 1.165) is 42.6 Å². The monoisotopic (exact) mass is 463 g/mol. The number of rotatable bonds is 15. The molecule has 0 spiro atoms. The van der Waals surface area contributed by atoms with Gasteiger partial charge >= 0.3 is 12.1 Å². The molecule has 0 heterocycles. The summed E-state index contributed by atoms with van der Waals surface area (Å²) in [6.07, 6.45) is 4.34. The lowest BCUT2D eigenvalue weighted by Crippen LogP contribution is -2.52. The highest BCUT2D eigenvalue weighted by molar-refractivity contribution is 5.82. The van der Waals surface area contributed by atoms with Crippen LogP contribution in [0, 0.1) is 0 Å². The zero-order valence-corrected chi connectivity index (χ0v) is 19.9. The van der Waals surface area contributed by atoms with Crippen LogP contribution in [0.3, 0.4) is 0 Å². The quantitative estimate of drug-likeness (QED) is 0.304. The van der Waals surface area contributed by atoms with Crippen molar-refractivity contribution in [3.63, 3.8) is 0 Å². The first-order chi connectivity index (χ1) is 15.8. The molecule has 0 radical (unpaired) electrons. The van der Waals surface area contributed by atoms with Crippen LogP contribution < -0.4 is 11.1 Å². The SMILES string of the molecule is CCCCCCCC(=O)NC(CC(N)=O)CN(C(=O)OCc1ccccc1)[C@@H](C)C(=O)OC. The first kappa shape index (κ1) is 27.9. The van der Waals surface area contributed by atoms with Crippen molar-refractivity contribution in [3.05, 3.63) is 35.9 Å². The standard InChI is InChI=1S/C24H37N3O6/c1-4-5-6-7-11-14-22(29)26-20(15-21(25)28)16-27(18(2)23(30)32-3)24(31)33-17-19-12-9-8-10-13-19/h8-10,12-13,18,20H,4-7,11,14-17H2,1-3H3,(H2,25,28)(H,26,29)/t18-,20?/m0/s1. The number of esters is 1. The molecule has 1 unspecified atom stereocenters.